The van der Waals surface area contributed by atoms with Crippen molar-refractivity contribution in [2.75, 3.05) is 5.73 Å². The van der Waals surface area contributed by atoms with Crippen LogP contribution < -0.4 is 17.2 Å². The van der Waals surface area contributed by atoms with Crippen LogP contribution in [0.5, 0.6) is 0 Å². The highest BCUT2D eigenvalue weighted by atomic mass is 19.1. The van der Waals surface area contributed by atoms with Crippen molar-refractivity contribution in [1.29, 1.82) is 0 Å². The monoisotopic (exact) mass is 276 g/mol. The molecule has 0 aliphatic heterocycles. The van der Waals surface area contributed by atoms with Gasteiger partial charge in [-0.05, 0) is 24.6 Å². The molecule has 1 amide bonds. The van der Waals surface area contributed by atoms with Crippen LogP contribution in [0.15, 0.2) is 33.7 Å². The Bertz CT molecular complexity index is 702. The van der Waals surface area contributed by atoms with E-state index in [4.69, 9.17) is 21.6 Å². The van der Waals surface area contributed by atoms with Crippen LogP contribution in [0.25, 0.3) is 11.3 Å². The highest BCUT2D eigenvalue weighted by Gasteiger charge is 2.18. The second kappa shape index (κ2) is 5.04. The van der Waals surface area contributed by atoms with Gasteiger partial charge in [0.25, 0.3) is 0 Å². The van der Waals surface area contributed by atoms with Crippen LogP contribution in [0.3, 0.4) is 0 Å². The normalized spacial score (nSPS) is 10.3. The number of carbonyl (C=O) groups is 1. The van der Waals surface area contributed by atoms with Gasteiger partial charge in [0.2, 0.25) is 5.76 Å². The summed E-state index contributed by atoms with van der Waals surface area (Å²) in [5, 5.41) is 0. The molecule has 0 fully saturated rings. The number of rotatable bonds is 2. The van der Waals surface area contributed by atoms with E-state index in [-0.39, 0.29) is 17.2 Å². The van der Waals surface area contributed by atoms with E-state index in [1.54, 1.807) is 13.0 Å². The summed E-state index contributed by atoms with van der Waals surface area (Å²) in [7, 11) is 0. The van der Waals surface area contributed by atoms with Gasteiger partial charge in [0.1, 0.15) is 11.6 Å². The number of anilines is 1. The van der Waals surface area contributed by atoms with E-state index in [0.29, 0.717) is 5.56 Å². The van der Waals surface area contributed by atoms with Crippen molar-refractivity contribution in [3.8, 4) is 11.3 Å². The number of nitrogen functional groups attached to an aromatic ring is 1. The quantitative estimate of drug-likeness (QED) is 0.565. The minimum atomic E-state index is -0.789. The SMILES string of the molecule is Cc1ccc(F)cc1-c1cc(N)c(C(=O)N=C(N)N)o1. The Morgan fingerprint density at radius 1 is 1.30 bits per heavy atom. The van der Waals surface area contributed by atoms with Gasteiger partial charge in [0.15, 0.2) is 5.96 Å². The number of benzene rings is 1. The van der Waals surface area contributed by atoms with E-state index in [2.05, 4.69) is 4.99 Å². The second-order valence-corrected chi connectivity index (χ2v) is 4.20. The highest BCUT2D eigenvalue weighted by Crippen LogP contribution is 2.30. The van der Waals surface area contributed by atoms with Crippen molar-refractivity contribution < 1.29 is 13.6 Å². The molecule has 2 rings (SSSR count). The molecular weight excluding hydrogens is 263 g/mol. The third kappa shape index (κ3) is 2.61. The summed E-state index contributed by atoms with van der Waals surface area (Å²) in [6.45, 7) is 1.78. The van der Waals surface area contributed by atoms with E-state index in [9.17, 15) is 9.18 Å². The maximum Gasteiger partial charge on any atom is 0.318 e. The molecule has 6 N–H and O–H groups in total. The predicted molar refractivity (Wildman–Crippen MR) is 73.4 cm³/mol. The number of carbonyl (C=O) groups excluding carboxylic acids is 1. The van der Waals surface area contributed by atoms with E-state index in [1.807, 2.05) is 0 Å². The van der Waals surface area contributed by atoms with E-state index < -0.39 is 17.7 Å². The average Bonchev–Trinajstić information content (AvgIpc) is 2.73. The summed E-state index contributed by atoms with van der Waals surface area (Å²) < 4.78 is 18.6. The number of nitrogens with zero attached hydrogens (tertiary/aromatic N) is 1. The summed E-state index contributed by atoms with van der Waals surface area (Å²) in [6.07, 6.45) is 0. The van der Waals surface area contributed by atoms with Crippen LogP contribution in [-0.4, -0.2) is 11.9 Å². The maximum absolute atomic E-state index is 13.3. The first-order valence-electron chi connectivity index (χ1n) is 5.68. The molecule has 0 atom stereocenters. The van der Waals surface area contributed by atoms with Crippen LogP contribution in [0.4, 0.5) is 10.1 Å². The van der Waals surface area contributed by atoms with Crippen LogP contribution in [0.1, 0.15) is 16.1 Å². The van der Waals surface area contributed by atoms with Gasteiger partial charge in [-0.25, -0.2) is 4.39 Å². The lowest BCUT2D eigenvalue weighted by atomic mass is 10.1. The van der Waals surface area contributed by atoms with Gasteiger partial charge in [-0.2, -0.15) is 4.99 Å². The molecule has 20 heavy (non-hydrogen) atoms. The highest BCUT2D eigenvalue weighted by molar-refractivity contribution is 6.03. The zero-order valence-corrected chi connectivity index (χ0v) is 10.7. The van der Waals surface area contributed by atoms with Crippen molar-refractivity contribution >= 4 is 17.6 Å². The lowest BCUT2D eigenvalue weighted by Crippen LogP contribution is -2.24. The van der Waals surface area contributed by atoms with Crippen LogP contribution >= 0.6 is 0 Å². The van der Waals surface area contributed by atoms with Crippen LogP contribution in [0, 0.1) is 12.7 Å². The number of aliphatic imine (C=N–C) groups is 1. The first-order chi connectivity index (χ1) is 9.38. The largest absolute Gasteiger partial charge is 0.449 e. The zero-order chi connectivity index (χ0) is 14.9. The maximum atomic E-state index is 13.3. The van der Waals surface area contributed by atoms with Gasteiger partial charge in [-0.15, -0.1) is 0 Å². The van der Waals surface area contributed by atoms with E-state index in [0.717, 1.165) is 5.56 Å². The fourth-order valence-electron chi connectivity index (χ4n) is 1.73. The molecule has 0 radical (unpaired) electrons. The summed E-state index contributed by atoms with van der Waals surface area (Å²) in [6, 6.07) is 5.65. The van der Waals surface area contributed by atoms with Gasteiger partial charge < -0.3 is 21.6 Å². The third-order valence-corrected chi connectivity index (χ3v) is 2.65. The average molecular weight is 276 g/mol. The number of hydrogen-bond acceptors (Lipinski definition) is 3. The minimum absolute atomic E-state index is 0.0821. The molecule has 0 spiro atoms. The fourth-order valence-corrected chi connectivity index (χ4v) is 1.73. The molecule has 1 aromatic carbocycles. The van der Waals surface area contributed by atoms with Gasteiger partial charge in [-0.1, -0.05) is 6.07 Å². The number of hydrogen-bond donors (Lipinski definition) is 3. The smallest absolute Gasteiger partial charge is 0.318 e. The summed E-state index contributed by atoms with van der Waals surface area (Å²) in [4.78, 5) is 15.0. The number of furan rings is 1. The lowest BCUT2D eigenvalue weighted by Gasteiger charge is -2.01. The van der Waals surface area contributed by atoms with Crippen molar-refractivity contribution in [2.24, 2.45) is 16.5 Å². The van der Waals surface area contributed by atoms with E-state index >= 15 is 0 Å². The van der Waals surface area contributed by atoms with Gasteiger partial charge in [0.05, 0.1) is 5.69 Å². The Hall–Kier alpha value is -2.83. The Kier molecular flexibility index (Phi) is 3.43. The molecule has 0 saturated carbocycles. The van der Waals surface area contributed by atoms with Crippen molar-refractivity contribution in [3.63, 3.8) is 0 Å². The van der Waals surface area contributed by atoms with Gasteiger partial charge in [-0.3, -0.25) is 4.79 Å². The topological polar surface area (TPSA) is 121 Å². The van der Waals surface area contributed by atoms with Crippen molar-refractivity contribution in [2.45, 2.75) is 6.92 Å². The number of aryl methyl sites for hydroxylation is 1. The zero-order valence-electron chi connectivity index (χ0n) is 10.7. The Morgan fingerprint density at radius 3 is 2.65 bits per heavy atom. The molecule has 0 unspecified atom stereocenters. The Balaban J connectivity index is 2.49. The minimum Gasteiger partial charge on any atom is -0.449 e. The molecule has 1 aromatic heterocycles. The summed E-state index contributed by atoms with van der Waals surface area (Å²) in [5.74, 6) is -1.51. The Labute approximate surface area is 114 Å². The molecule has 0 aliphatic rings. The first kappa shape index (κ1) is 13.6. The van der Waals surface area contributed by atoms with Crippen molar-refractivity contribution in [1.82, 2.24) is 0 Å². The first-order valence-corrected chi connectivity index (χ1v) is 5.68. The third-order valence-electron chi connectivity index (χ3n) is 2.65. The fraction of sp³-hybridized carbons (Fsp3) is 0.0769. The summed E-state index contributed by atoms with van der Waals surface area (Å²) in [5.41, 5.74) is 17.3. The number of nitrogens with two attached hydrogens (primary N) is 3. The van der Waals surface area contributed by atoms with Crippen LogP contribution in [-0.2, 0) is 0 Å². The number of halogens is 1. The molecule has 104 valence electrons. The molecule has 7 heteroatoms. The molecule has 6 nitrogen and oxygen atoms in total. The molecule has 2 aromatic rings. The van der Waals surface area contributed by atoms with Gasteiger partial charge in [0, 0.05) is 11.6 Å². The predicted octanol–water partition coefficient (Wildman–Crippen LogP) is 1.39. The van der Waals surface area contributed by atoms with Gasteiger partial charge >= 0.3 is 5.91 Å². The lowest BCUT2D eigenvalue weighted by molar-refractivity contribution is 0.0978. The molecule has 0 bridgehead atoms. The molecule has 0 aliphatic carbocycles. The second-order valence-electron chi connectivity index (χ2n) is 4.20. The Morgan fingerprint density at radius 2 is 2.00 bits per heavy atom. The molecule has 1 heterocycles. The van der Waals surface area contributed by atoms with Crippen LogP contribution in [0.2, 0.25) is 0 Å². The molecular formula is C13H13FN4O2. The standard InChI is InChI=1S/C13H13FN4O2/c1-6-2-3-7(14)4-8(6)10-5-9(15)11(20-10)12(19)18-13(16)17/h2-5H,15H2,1H3,(H4,16,17,18,19). The molecule has 0 saturated heterocycles. The number of guanidine groups is 1. The summed E-state index contributed by atoms with van der Waals surface area (Å²) >= 11 is 0. The number of amides is 1. The van der Waals surface area contributed by atoms with E-state index in [1.165, 1.54) is 18.2 Å². The van der Waals surface area contributed by atoms with Crippen molar-refractivity contribution in [3.05, 3.63) is 41.4 Å².